The van der Waals surface area contributed by atoms with Crippen LogP contribution in [0.2, 0.25) is 0 Å². The van der Waals surface area contributed by atoms with Crippen molar-refractivity contribution in [2.45, 2.75) is 65.1 Å². The molecule has 0 spiro atoms. The van der Waals surface area contributed by atoms with Crippen LogP contribution in [0, 0.1) is 5.92 Å². The van der Waals surface area contributed by atoms with Gasteiger partial charge in [0.15, 0.2) is 17.0 Å². The quantitative estimate of drug-likeness (QED) is 0.152. The molecular weight excluding hydrogens is 667 g/mol. The molecule has 3 aromatic carbocycles. The van der Waals surface area contributed by atoms with Gasteiger partial charge in [0.05, 0.1) is 30.7 Å². The van der Waals surface area contributed by atoms with Gasteiger partial charge in [0.25, 0.3) is 5.91 Å². The Morgan fingerprint density at radius 3 is 2.19 bits per heavy atom. The summed E-state index contributed by atoms with van der Waals surface area (Å²) in [6.07, 6.45) is -0.228. The lowest BCUT2D eigenvalue weighted by atomic mass is 9.77. The summed E-state index contributed by atoms with van der Waals surface area (Å²) < 4.78 is 55.5. The average molecular weight is 708 g/mol. The van der Waals surface area contributed by atoms with E-state index in [-0.39, 0.29) is 28.9 Å². The van der Waals surface area contributed by atoms with Gasteiger partial charge in [-0.05, 0) is 97.7 Å². The third-order valence-corrected chi connectivity index (χ3v) is 9.58. The number of halogens is 3. The predicted molar refractivity (Wildman–Crippen MR) is 194 cm³/mol. The van der Waals surface area contributed by atoms with Crippen molar-refractivity contribution >= 4 is 23.3 Å². The summed E-state index contributed by atoms with van der Waals surface area (Å²) in [5.74, 6) is 1.00. The van der Waals surface area contributed by atoms with Crippen LogP contribution in [0.15, 0.2) is 95.6 Å². The fourth-order valence-electron chi connectivity index (χ4n) is 7.04. The Bertz CT molecular complexity index is 2140. The molecule has 1 saturated carbocycles. The van der Waals surface area contributed by atoms with Crippen LogP contribution in [0.4, 0.5) is 13.2 Å². The van der Waals surface area contributed by atoms with Crippen LogP contribution in [-0.4, -0.2) is 44.4 Å². The van der Waals surface area contributed by atoms with Crippen LogP contribution in [0.1, 0.15) is 91.8 Å². The number of nitrogens with zero attached hydrogens (tertiary/aromatic N) is 5. The number of ether oxygens (including phenoxy) is 2. The van der Waals surface area contributed by atoms with Gasteiger partial charge in [-0.1, -0.05) is 62.4 Å². The summed E-state index contributed by atoms with van der Waals surface area (Å²) >= 11 is 0. The minimum absolute atomic E-state index is 0.0842. The highest BCUT2D eigenvalue weighted by Crippen LogP contribution is 2.45. The summed E-state index contributed by atoms with van der Waals surface area (Å²) in [6, 6.07) is 24.5. The maximum Gasteiger partial charge on any atom is 0.433 e. The molecule has 1 aliphatic heterocycles. The number of hydrogen-bond donors (Lipinski definition) is 0. The first-order valence-corrected chi connectivity index (χ1v) is 17.7. The minimum Gasteiger partial charge on any atom is -0.494 e. The molecule has 7 rings (SSSR count). The molecule has 2 atom stereocenters. The van der Waals surface area contributed by atoms with Crippen molar-refractivity contribution in [3.05, 3.63) is 119 Å². The second-order valence-corrected chi connectivity index (χ2v) is 13.4. The number of hydrogen-bond acceptors (Lipinski definition) is 6. The van der Waals surface area contributed by atoms with E-state index in [9.17, 15) is 18.0 Å². The van der Waals surface area contributed by atoms with E-state index in [4.69, 9.17) is 14.6 Å². The van der Waals surface area contributed by atoms with Crippen molar-refractivity contribution in [3.8, 4) is 22.8 Å². The molecule has 0 bridgehead atoms. The number of benzene rings is 3. The summed E-state index contributed by atoms with van der Waals surface area (Å²) in [6.45, 7) is 9.02. The van der Waals surface area contributed by atoms with Crippen molar-refractivity contribution in [3.63, 3.8) is 0 Å². The van der Waals surface area contributed by atoms with Gasteiger partial charge in [-0.25, -0.2) is 14.5 Å². The Morgan fingerprint density at radius 1 is 0.923 bits per heavy atom. The molecule has 3 heterocycles. The normalized spacial score (nSPS) is 18.2. The Balaban J connectivity index is 1.30. The molecular formula is C41H40F3N5O3. The molecule has 52 heavy (non-hydrogen) atoms. The number of amides is 1. The molecule has 2 aliphatic rings. The molecule has 0 unspecified atom stereocenters. The highest BCUT2D eigenvalue weighted by Gasteiger charge is 2.45. The molecule has 1 aliphatic carbocycles. The maximum absolute atomic E-state index is 14.5. The van der Waals surface area contributed by atoms with Gasteiger partial charge in [0.1, 0.15) is 11.5 Å². The molecule has 0 saturated heterocycles. The van der Waals surface area contributed by atoms with Gasteiger partial charge in [0.2, 0.25) is 0 Å². The Kier molecular flexibility index (Phi) is 9.61. The monoisotopic (exact) mass is 707 g/mol. The molecule has 0 radical (unpaired) electrons. The van der Waals surface area contributed by atoms with E-state index in [1.807, 2.05) is 88.4 Å². The molecule has 11 heteroatoms. The van der Waals surface area contributed by atoms with Crippen LogP contribution in [0.3, 0.4) is 0 Å². The van der Waals surface area contributed by atoms with E-state index in [2.05, 4.69) is 16.2 Å². The largest absolute Gasteiger partial charge is 0.494 e. The lowest BCUT2D eigenvalue weighted by Crippen LogP contribution is -2.32. The van der Waals surface area contributed by atoms with Gasteiger partial charge >= 0.3 is 6.18 Å². The second-order valence-electron chi connectivity index (χ2n) is 13.4. The topological polar surface area (TPSA) is 81.3 Å². The molecule has 0 N–H and O–H groups in total. The summed E-state index contributed by atoms with van der Waals surface area (Å²) in [5.41, 5.74) is 4.06. The van der Waals surface area contributed by atoms with Gasteiger partial charge < -0.3 is 9.47 Å². The Morgan fingerprint density at radius 2 is 1.58 bits per heavy atom. The summed E-state index contributed by atoms with van der Waals surface area (Å²) in [4.78, 5) is 19.0. The number of fused-ring (bicyclic) bond motifs is 2. The van der Waals surface area contributed by atoms with Crippen molar-refractivity contribution in [1.82, 2.24) is 19.6 Å². The SMILES string of the molecule is CCOc1ccc(/C=C2/CCC[C@@H]3C2=NN(C(=O)c2cc4nc(-c5ccc(C(C)C)cc5)cc(C(F)(F)F)n4n2)[C@H]3c2ccc(OCC)cc2)cc1. The molecule has 268 valence electrons. The van der Waals surface area contributed by atoms with Crippen LogP contribution >= 0.6 is 0 Å². The van der Waals surface area contributed by atoms with Crippen LogP contribution in [0.5, 0.6) is 11.5 Å². The zero-order valence-electron chi connectivity index (χ0n) is 29.5. The summed E-state index contributed by atoms with van der Waals surface area (Å²) in [5, 5.41) is 10.6. The lowest BCUT2D eigenvalue weighted by molar-refractivity contribution is -0.142. The van der Waals surface area contributed by atoms with Crippen molar-refractivity contribution in [1.29, 1.82) is 0 Å². The van der Waals surface area contributed by atoms with Crippen LogP contribution < -0.4 is 9.47 Å². The predicted octanol–water partition coefficient (Wildman–Crippen LogP) is 9.77. The molecule has 8 nitrogen and oxygen atoms in total. The number of alkyl halides is 3. The molecule has 2 aromatic heterocycles. The second kappa shape index (κ2) is 14.3. The molecule has 5 aromatic rings. The molecule has 1 fully saturated rings. The highest BCUT2D eigenvalue weighted by molar-refractivity contribution is 6.09. The number of carbonyl (C=O) groups is 1. The smallest absolute Gasteiger partial charge is 0.433 e. The van der Waals surface area contributed by atoms with E-state index in [0.717, 1.165) is 59.1 Å². The first-order chi connectivity index (χ1) is 25.0. The number of rotatable bonds is 9. The van der Waals surface area contributed by atoms with Crippen molar-refractivity contribution < 1.29 is 27.4 Å². The van der Waals surface area contributed by atoms with Gasteiger partial charge in [-0.3, -0.25) is 4.79 Å². The van der Waals surface area contributed by atoms with E-state index < -0.39 is 23.8 Å². The standard InChI is InChI=1S/C41H40F3N5O3/c1-5-51-31-18-10-26(11-19-31)22-30-8-7-9-33-38(30)47-49(39(33)29-16-20-32(21-17-29)52-6-2)40(50)35-24-37-45-34(23-36(41(42,43)44)48(37)46-35)28-14-12-27(13-15-28)25(3)4/h10-25,33,39H,5-9H2,1-4H3/b30-22-/t33-,39+/m1/s1. The van der Waals surface area contributed by atoms with Gasteiger partial charge in [-0.2, -0.15) is 23.4 Å². The summed E-state index contributed by atoms with van der Waals surface area (Å²) in [7, 11) is 0. The van der Waals surface area contributed by atoms with Crippen LogP contribution in [0.25, 0.3) is 23.0 Å². The average Bonchev–Trinajstić information content (AvgIpc) is 3.75. The highest BCUT2D eigenvalue weighted by atomic mass is 19.4. The Hall–Kier alpha value is -5.45. The third-order valence-electron chi connectivity index (χ3n) is 9.58. The van der Waals surface area contributed by atoms with Crippen molar-refractivity contribution in [2.24, 2.45) is 11.0 Å². The van der Waals surface area contributed by atoms with E-state index >= 15 is 0 Å². The minimum atomic E-state index is -4.76. The number of hydrazone groups is 1. The van der Waals surface area contributed by atoms with Gasteiger partial charge in [-0.15, -0.1) is 0 Å². The number of aromatic nitrogens is 3. The first kappa shape index (κ1) is 35.0. The van der Waals surface area contributed by atoms with Crippen LogP contribution in [-0.2, 0) is 6.18 Å². The van der Waals surface area contributed by atoms with Gasteiger partial charge in [0, 0.05) is 17.5 Å². The fourth-order valence-corrected chi connectivity index (χ4v) is 7.04. The van der Waals surface area contributed by atoms with Crippen molar-refractivity contribution in [2.75, 3.05) is 13.2 Å². The van der Waals surface area contributed by atoms with E-state index in [1.165, 1.54) is 11.1 Å². The zero-order valence-corrected chi connectivity index (χ0v) is 29.5. The molecule has 1 amide bonds. The van der Waals surface area contributed by atoms with E-state index in [1.54, 1.807) is 12.1 Å². The first-order valence-electron chi connectivity index (χ1n) is 17.7. The number of allylic oxidation sites excluding steroid dienone is 1. The lowest BCUT2D eigenvalue weighted by Gasteiger charge is -2.29. The fraction of sp³-hybridized carbons (Fsp3) is 0.317. The third kappa shape index (κ3) is 6.91. The Labute approximate surface area is 300 Å². The maximum atomic E-state index is 14.5. The zero-order chi connectivity index (χ0) is 36.6. The number of carbonyl (C=O) groups excluding carboxylic acids is 1. The van der Waals surface area contributed by atoms with E-state index in [0.29, 0.717) is 29.0 Å².